The maximum absolute atomic E-state index is 9.62. The van der Waals surface area contributed by atoms with Gasteiger partial charge in [0.05, 0.1) is 6.10 Å². The second kappa shape index (κ2) is 5.95. The van der Waals surface area contributed by atoms with Crippen molar-refractivity contribution in [2.75, 3.05) is 18.4 Å². The number of hydrogen-bond donors (Lipinski definition) is 2. The molecule has 0 radical (unpaired) electrons. The lowest BCUT2D eigenvalue weighted by atomic mass is 9.86. The summed E-state index contributed by atoms with van der Waals surface area (Å²) in [7, 11) is 0. The fourth-order valence-corrected chi connectivity index (χ4v) is 2.06. The first-order valence-corrected chi connectivity index (χ1v) is 5.91. The Balaban J connectivity index is 2.11. The Morgan fingerprint density at radius 2 is 2.08 bits per heavy atom. The van der Waals surface area contributed by atoms with Gasteiger partial charge in [0.1, 0.15) is 0 Å². The van der Waals surface area contributed by atoms with E-state index in [1.165, 1.54) is 19.3 Å². The molecule has 1 aliphatic carbocycles. The Labute approximate surface area is 82.9 Å². The standard InChI is InChI=1S/C9H18BrNO/c10-5-6-11-7-8-3-1-2-4-9(8)12/h8-9,11-12H,1-7H2. The lowest BCUT2D eigenvalue weighted by Gasteiger charge is -2.27. The van der Waals surface area contributed by atoms with Crippen molar-refractivity contribution in [2.45, 2.75) is 31.8 Å². The van der Waals surface area contributed by atoms with Gasteiger partial charge in [0.15, 0.2) is 0 Å². The highest BCUT2D eigenvalue weighted by atomic mass is 79.9. The summed E-state index contributed by atoms with van der Waals surface area (Å²) < 4.78 is 0. The normalized spacial score (nSPS) is 30.5. The van der Waals surface area contributed by atoms with Crippen LogP contribution in [0.2, 0.25) is 0 Å². The molecule has 2 N–H and O–H groups in total. The molecular weight excluding hydrogens is 218 g/mol. The Kier molecular flexibility index (Phi) is 5.19. The minimum Gasteiger partial charge on any atom is -0.393 e. The van der Waals surface area contributed by atoms with Crippen LogP contribution in [0.15, 0.2) is 0 Å². The topological polar surface area (TPSA) is 32.3 Å². The van der Waals surface area contributed by atoms with Crippen molar-refractivity contribution in [3.05, 3.63) is 0 Å². The number of rotatable bonds is 4. The molecule has 0 spiro atoms. The Bertz CT molecular complexity index is 121. The average molecular weight is 236 g/mol. The molecule has 2 nitrogen and oxygen atoms in total. The van der Waals surface area contributed by atoms with Crippen LogP contribution in [0.1, 0.15) is 25.7 Å². The summed E-state index contributed by atoms with van der Waals surface area (Å²) >= 11 is 3.36. The van der Waals surface area contributed by atoms with Gasteiger partial charge < -0.3 is 10.4 Å². The van der Waals surface area contributed by atoms with Crippen LogP contribution < -0.4 is 5.32 Å². The van der Waals surface area contributed by atoms with Gasteiger partial charge in [-0.2, -0.15) is 0 Å². The largest absolute Gasteiger partial charge is 0.393 e. The van der Waals surface area contributed by atoms with Crippen LogP contribution in [0, 0.1) is 5.92 Å². The van der Waals surface area contributed by atoms with Crippen molar-refractivity contribution >= 4 is 15.9 Å². The highest BCUT2D eigenvalue weighted by Gasteiger charge is 2.21. The van der Waals surface area contributed by atoms with E-state index < -0.39 is 0 Å². The maximum Gasteiger partial charge on any atom is 0.0580 e. The fraction of sp³-hybridized carbons (Fsp3) is 1.00. The Morgan fingerprint density at radius 3 is 2.75 bits per heavy atom. The molecule has 2 atom stereocenters. The van der Waals surface area contributed by atoms with Gasteiger partial charge in [-0.15, -0.1) is 0 Å². The second-order valence-corrected chi connectivity index (χ2v) is 4.30. The van der Waals surface area contributed by atoms with Gasteiger partial charge in [0.25, 0.3) is 0 Å². The van der Waals surface area contributed by atoms with Gasteiger partial charge in [-0.3, -0.25) is 0 Å². The van der Waals surface area contributed by atoms with E-state index in [1.807, 2.05) is 0 Å². The monoisotopic (exact) mass is 235 g/mol. The van der Waals surface area contributed by atoms with Gasteiger partial charge in [-0.05, 0) is 18.8 Å². The average Bonchev–Trinajstić information content (AvgIpc) is 2.09. The smallest absolute Gasteiger partial charge is 0.0580 e. The molecule has 0 aromatic carbocycles. The number of halogens is 1. The molecular formula is C9H18BrNO. The van der Waals surface area contributed by atoms with Crippen LogP contribution in [-0.2, 0) is 0 Å². The minimum absolute atomic E-state index is 0.0541. The molecule has 0 amide bonds. The summed E-state index contributed by atoms with van der Waals surface area (Å²) in [5.41, 5.74) is 0. The van der Waals surface area contributed by atoms with Gasteiger partial charge >= 0.3 is 0 Å². The summed E-state index contributed by atoms with van der Waals surface area (Å²) in [5, 5.41) is 13.9. The van der Waals surface area contributed by atoms with Crippen LogP contribution in [-0.4, -0.2) is 29.6 Å². The highest BCUT2D eigenvalue weighted by molar-refractivity contribution is 9.09. The van der Waals surface area contributed by atoms with Crippen LogP contribution in [0.4, 0.5) is 0 Å². The molecule has 3 heteroatoms. The van der Waals surface area contributed by atoms with E-state index in [9.17, 15) is 5.11 Å². The molecule has 0 saturated heterocycles. The fourth-order valence-electron chi connectivity index (χ4n) is 1.78. The van der Waals surface area contributed by atoms with E-state index in [2.05, 4.69) is 21.2 Å². The number of aliphatic hydroxyl groups is 1. The van der Waals surface area contributed by atoms with Gasteiger partial charge in [-0.25, -0.2) is 0 Å². The van der Waals surface area contributed by atoms with E-state index in [0.717, 1.165) is 24.8 Å². The summed E-state index contributed by atoms with van der Waals surface area (Å²) in [6.07, 6.45) is 4.63. The van der Waals surface area contributed by atoms with E-state index in [0.29, 0.717) is 5.92 Å². The van der Waals surface area contributed by atoms with Gasteiger partial charge in [0.2, 0.25) is 0 Å². The molecule has 0 aromatic rings. The van der Waals surface area contributed by atoms with Crippen molar-refractivity contribution in [2.24, 2.45) is 5.92 Å². The number of nitrogens with one attached hydrogen (secondary N) is 1. The van der Waals surface area contributed by atoms with Crippen molar-refractivity contribution in [1.29, 1.82) is 0 Å². The summed E-state index contributed by atoms with van der Waals surface area (Å²) in [5.74, 6) is 0.498. The first-order chi connectivity index (χ1) is 5.84. The molecule has 1 fully saturated rings. The van der Waals surface area contributed by atoms with Gasteiger partial charge in [-0.1, -0.05) is 28.8 Å². The van der Waals surface area contributed by atoms with Crippen LogP contribution >= 0.6 is 15.9 Å². The summed E-state index contributed by atoms with van der Waals surface area (Å²) in [6.45, 7) is 1.98. The molecule has 0 aromatic heterocycles. The number of alkyl halides is 1. The number of aliphatic hydroxyl groups excluding tert-OH is 1. The molecule has 0 heterocycles. The Hall–Kier alpha value is 0.400. The van der Waals surface area contributed by atoms with Crippen LogP contribution in [0.5, 0.6) is 0 Å². The molecule has 72 valence electrons. The zero-order valence-electron chi connectivity index (χ0n) is 7.43. The molecule has 1 rings (SSSR count). The van der Waals surface area contributed by atoms with Crippen LogP contribution in [0.3, 0.4) is 0 Å². The predicted molar refractivity (Wildman–Crippen MR) is 54.6 cm³/mol. The first kappa shape index (κ1) is 10.5. The maximum atomic E-state index is 9.62. The van der Waals surface area contributed by atoms with Crippen molar-refractivity contribution in [3.8, 4) is 0 Å². The third-order valence-corrected chi connectivity index (χ3v) is 2.94. The molecule has 0 bridgehead atoms. The number of hydrogen-bond acceptors (Lipinski definition) is 2. The van der Waals surface area contributed by atoms with Gasteiger partial charge in [0, 0.05) is 18.4 Å². The lowest BCUT2D eigenvalue weighted by molar-refractivity contribution is 0.0700. The van der Waals surface area contributed by atoms with E-state index in [4.69, 9.17) is 0 Å². The Morgan fingerprint density at radius 1 is 1.33 bits per heavy atom. The molecule has 0 aliphatic heterocycles. The van der Waals surface area contributed by atoms with E-state index in [-0.39, 0.29) is 6.10 Å². The SMILES string of the molecule is OC1CCCCC1CNCCBr. The van der Waals surface area contributed by atoms with E-state index >= 15 is 0 Å². The molecule has 1 saturated carbocycles. The predicted octanol–water partition coefficient (Wildman–Crippen LogP) is 1.52. The highest BCUT2D eigenvalue weighted by Crippen LogP contribution is 2.23. The molecule has 1 aliphatic rings. The molecule has 2 unspecified atom stereocenters. The first-order valence-electron chi connectivity index (χ1n) is 4.79. The van der Waals surface area contributed by atoms with Crippen molar-refractivity contribution < 1.29 is 5.11 Å². The summed E-state index contributed by atoms with van der Waals surface area (Å²) in [4.78, 5) is 0. The zero-order valence-corrected chi connectivity index (χ0v) is 9.02. The zero-order chi connectivity index (χ0) is 8.81. The third kappa shape index (κ3) is 3.42. The summed E-state index contributed by atoms with van der Waals surface area (Å²) in [6, 6.07) is 0. The van der Waals surface area contributed by atoms with Crippen LogP contribution in [0.25, 0.3) is 0 Å². The third-order valence-electron chi connectivity index (χ3n) is 2.55. The van der Waals surface area contributed by atoms with Crippen molar-refractivity contribution in [1.82, 2.24) is 5.32 Å². The minimum atomic E-state index is -0.0541. The van der Waals surface area contributed by atoms with Crippen molar-refractivity contribution in [3.63, 3.8) is 0 Å². The second-order valence-electron chi connectivity index (χ2n) is 3.50. The van der Waals surface area contributed by atoms with E-state index in [1.54, 1.807) is 0 Å². The quantitative estimate of drug-likeness (QED) is 0.573. The molecule has 12 heavy (non-hydrogen) atoms. The lowest BCUT2D eigenvalue weighted by Crippen LogP contribution is -2.34.